The quantitative estimate of drug-likeness (QED) is 0.728. The molecule has 0 N–H and O–H groups in total. The van der Waals surface area contributed by atoms with E-state index in [0.29, 0.717) is 0 Å². The number of halogens is 1. The first-order chi connectivity index (χ1) is 7.41. The van der Waals surface area contributed by atoms with Crippen molar-refractivity contribution in [3.8, 4) is 0 Å². The van der Waals surface area contributed by atoms with Gasteiger partial charge in [-0.1, -0.05) is 0 Å². The molecule has 0 aliphatic rings. The summed E-state index contributed by atoms with van der Waals surface area (Å²) in [7, 11) is -0.786. The molecule has 0 radical (unpaired) electrons. The van der Waals surface area contributed by atoms with E-state index < -0.39 is 26.5 Å². The Hall–Kier alpha value is 0.500. The molecule has 0 unspecified atom stereocenters. The molecule has 0 amide bonds. The van der Waals surface area contributed by atoms with Crippen molar-refractivity contribution in [2.24, 2.45) is 0 Å². The first-order valence-electron chi connectivity index (χ1n) is 6.11. The summed E-state index contributed by atoms with van der Waals surface area (Å²) in [5, 5.41) is 1.23. The Kier molecular flexibility index (Phi) is 8.06. The molecule has 0 atom stereocenters. The van der Waals surface area contributed by atoms with E-state index in [9.17, 15) is 0 Å². The molecule has 0 bridgehead atoms. The van der Waals surface area contributed by atoms with Crippen molar-refractivity contribution in [3.63, 3.8) is 0 Å². The Labute approximate surface area is 126 Å². The van der Waals surface area contributed by atoms with Crippen LogP contribution in [0.5, 0.6) is 0 Å². The van der Waals surface area contributed by atoms with Gasteiger partial charge in [-0.25, -0.2) is 0 Å². The van der Waals surface area contributed by atoms with Gasteiger partial charge in [0.25, 0.3) is 0 Å². The van der Waals surface area contributed by atoms with Gasteiger partial charge in [0, 0.05) is 0 Å². The normalized spacial score (nSPS) is 10.9. The minimum absolute atomic E-state index is 0. The Morgan fingerprint density at radius 2 is 1.76 bits per heavy atom. The van der Waals surface area contributed by atoms with Crippen molar-refractivity contribution >= 4 is 26.0 Å². The van der Waals surface area contributed by atoms with Crippen molar-refractivity contribution in [2.45, 2.75) is 44.3 Å². The molecule has 1 aromatic carbocycles. The maximum absolute atomic E-state index is 5.94. The Morgan fingerprint density at radius 1 is 1.18 bits per heavy atom. The topological polar surface area (TPSA) is 9.23 Å². The Balaban J connectivity index is 0.00000256. The molecule has 0 fully saturated rings. The predicted octanol–water partition coefficient (Wildman–Crippen LogP) is 4.06. The molecule has 17 heavy (non-hydrogen) atoms. The summed E-state index contributed by atoms with van der Waals surface area (Å²) < 4.78 is 5.94. The number of hydrogen-bond donors (Lipinski definition) is 0. The summed E-state index contributed by atoms with van der Waals surface area (Å²) in [4.78, 5) is 0. The monoisotopic (exact) mass is 366 g/mol. The molecule has 4 heteroatoms. The Bertz CT molecular complexity index is 336. The molecular weight excluding hydrogens is 346 g/mol. The van der Waals surface area contributed by atoms with Crippen LogP contribution in [0.15, 0.2) is 24.3 Å². The van der Waals surface area contributed by atoms with Crippen LogP contribution in [0.1, 0.15) is 31.9 Å². The minimum atomic E-state index is -0.786. The van der Waals surface area contributed by atoms with E-state index in [2.05, 4.69) is 58.1 Å². The zero-order chi connectivity index (χ0) is 12.2. The van der Waals surface area contributed by atoms with Gasteiger partial charge in [-0.3, -0.25) is 0 Å². The second kappa shape index (κ2) is 7.83. The van der Waals surface area contributed by atoms with Gasteiger partial charge in [-0.05, 0) is 0 Å². The average molecular weight is 369 g/mol. The van der Waals surface area contributed by atoms with Crippen LogP contribution in [0.4, 0.5) is 0 Å². The van der Waals surface area contributed by atoms with E-state index in [1.165, 1.54) is 16.1 Å². The summed E-state index contributed by atoms with van der Waals surface area (Å²) in [5.41, 5.74) is 3.27. The van der Waals surface area contributed by atoms with E-state index in [-0.39, 0.29) is 22.4 Å². The third-order valence-electron chi connectivity index (χ3n) is 2.65. The second-order valence-electron chi connectivity index (χ2n) is 5.58. The molecule has 0 aliphatic heterocycles. The van der Waals surface area contributed by atoms with E-state index >= 15 is 0 Å². The fourth-order valence-electron chi connectivity index (χ4n) is 1.87. The summed E-state index contributed by atoms with van der Waals surface area (Å²) >= 11 is -0.780. The molecular formula is C13H23BrOSiZn. The summed E-state index contributed by atoms with van der Waals surface area (Å²) in [5.74, 6) is 0. The van der Waals surface area contributed by atoms with Gasteiger partial charge >= 0.3 is 109 Å². The standard InChI is InChI=1S/C11H15.C2H7OSi.BrH.Zn/c1-9-7-5-6-8-10(9)11(2,3)4;1-4(2)3;;/h5-8H,1H2,2-4H3;4H,1-2H3;1H;/q;-1;;+1. The van der Waals surface area contributed by atoms with Gasteiger partial charge in [-0.2, -0.15) is 0 Å². The van der Waals surface area contributed by atoms with Gasteiger partial charge in [0.05, 0.1) is 0 Å². The van der Waals surface area contributed by atoms with E-state index in [4.69, 9.17) is 3.25 Å². The molecule has 1 rings (SSSR count). The first kappa shape index (κ1) is 17.5. The van der Waals surface area contributed by atoms with Gasteiger partial charge in [-0.15, -0.1) is 17.0 Å². The van der Waals surface area contributed by atoms with Crippen molar-refractivity contribution in [1.29, 1.82) is 0 Å². The zero-order valence-electron chi connectivity index (χ0n) is 11.6. The predicted molar refractivity (Wildman–Crippen MR) is 79.1 cm³/mol. The van der Waals surface area contributed by atoms with Crippen LogP contribution >= 0.6 is 17.0 Å². The van der Waals surface area contributed by atoms with Gasteiger partial charge < -0.3 is 0 Å². The number of rotatable bonds is 4. The van der Waals surface area contributed by atoms with Crippen molar-refractivity contribution in [2.75, 3.05) is 0 Å². The fourth-order valence-corrected chi connectivity index (χ4v) is 7.55. The van der Waals surface area contributed by atoms with E-state index in [0.717, 1.165) is 0 Å². The molecule has 94 valence electrons. The van der Waals surface area contributed by atoms with Crippen molar-refractivity contribution in [1.82, 2.24) is 0 Å². The van der Waals surface area contributed by atoms with Crippen molar-refractivity contribution < 1.29 is 20.7 Å². The van der Waals surface area contributed by atoms with Crippen LogP contribution in [0.25, 0.3) is 0 Å². The second-order valence-corrected chi connectivity index (χ2v) is 12.0. The summed E-state index contributed by atoms with van der Waals surface area (Å²) in [6.07, 6.45) is 0. The maximum atomic E-state index is 5.94. The Morgan fingerprint density at radius 3 is 2.29 bits per heavy atom. The molecule has 0 aromatic heterocycles. The molecule has 1 aromatic rings. The SMILES string of the molecule is Br.C[SiH](C)[O][Zn][CH2]c1ccccc1C(C)(C)C. The van der Waals surface area contributed by atoms with Crippen LogP contribution in [0, 0.1) is 0 Å². The van der Waals surface area contributed by atoms with Gasteiger partial charge in [0.1, 0.15) is 0 Å². The van der Waals surface area contributed by atoms with Crippen LogP contribution in [-0.2, 0) is 31.2 Å². The third kappa shape index (κ3) is 6.28. The van der Waals surface area contributed by atoms with Crippen LogP contribution in [-0.4, -0.2) is 9.04 Å². The summed E-state index contributed by atoms with van der Waals surface area (Å²) in [6, 6.07) is 8.84. The zero-order valence-corrected chi connectivity index (χ0v) is 17.5. The van der Waals surface area contributed by atoms with Crippen LogP contribution < -0.4 is 0 Å². The van der Waals surface area contributed by atoms with E-state index in [1.54, 1.807) is 0 Å². The molecule has 1 nitrogen and oxygen atoms in total. The number of benzene rings is 1. The molecule has 0 spiro atoms. The molecule has 0 saturated carbocycles. The number of hydrogen-bond acceptors (Lipinski definition) is 1. The van der Waals surface area contributed by atoms with Crippen molar-refractivity contribution in [3.05, 3.63) is 35.4 Å². The third-order valence-corrected chi connectivity index (χ3v) is 10.8. The summed E-state index contributed by atoms with van der Waals surface area (Å²) in [6.45, 7) is 11.4. The molecule has 0 aliphatic carbocycles. The van der Waals surface area contributed by atoms with Gasteiger partial charge in [0.15, 0.2) is 0 Å². The van der Waals surface area contributed by atoms with Crippen LogP contribution in [0.3, 0.4) is 0 Å². The molecule has 0 heterocycles. The van der Waals surface area contributed by atoms with E-state index in [1.807, 2.05) is 0 Å². The average Bonchev–Trinajstić information content (AvgIpc) is 2.16. The van der Waals surface area contributed by atoms with Gasteiger partial charge in [0.2, 0.25) is 0 Å². The van der Waals surface area contributed by atoms with Crippen LogP contribution in [0.2, 0.25) is 13.1 Å². The first-order valence-corrected chi connectivity index (χ1v) is 12.2. The fraction of sp³-hybridized carbons (Fsp3) is 0.538. The molecule has 0 saturated heterocycles.